The molecule has 1 atom stereocenters. The first-order valence-corrected chi connectivity index (χ1v) is 11.8. The highest BCUT2D eigenvalue weighted by molar-refractivity contribution is 5.78. The average Bonchev–Trinajstić information content (AvgIpc) is 3.29. The molecule has 2 N–H and O–H groups in total. The van der Waals surface area contributed by atoms with E-state index in [4.69, 9.17) is 9.72 Å². The van der Waals surface area contributed by atoms with E-state index in [1.54, 1.807) is 6.08 Å². The number of aromatic nitrogens is 2. The number of morpholine rings is 1. The van der Waals surface area contributed by atoms with Crippen LogP contribution in [0.15, 0.2) is 67.6 Å². The summed E-state index contributed by atoms with van der Waals surface area (Å²) in [5, 5.41) is 5.77. The zero-order valence-corrected chi connectivity index (χ0v) is 21.1. The van der Waals surface area contributed by atoms with Gasteiger partial charge in [-0.25, -0.2) is 9.37 Å². The fourth-order valence-corrected chi connectivity index (χ4v) is 4.36. The Morgan fingerprint density at radius 3 is 2.71 bits per heavy atom. The fourth-order valence-electron chi connectivity index (χ4n) is 4.36. The lowest BCUT2D eigenvalue weighted by atomic mass is 9.98. The van der Waals surface area contributed by atoms with Gasteiger partial charge in [0.15, 0.2) is 0 Å². The van der Waals surface area contributed by atoms with Crippen LogP contribution in [0.3, 0.4) is 0 Å². The van der Waals surface area contributed by atoms with E-state index in [1.807, 2.05) is 57.5 Å². The minimum absolute atomic E-state index is 0.129. The number of ether oxygens (including phenoxy) is 1. The number of rotatable bonds is 7. The Kier molecular flexibility index (Phi) is 8.66. The number of H-pyrrole nitrogens is 1. The summed E-state index contributed by atoms with van der Waals surface area (Å²) in [6.07, 6.45) is 10.6. The number of anilines is 1. The van der Waals surface area contributed by atoms with E-state index in [9.17, 15) is 0 Å². The van der Waals surface area contributed by atoms with Gasteiger partial charge in [-0.2, -0.15) is 0 Å². The van der Waals surface area contributed by atoms with Crippen LogP contribution in [0.2, 0.25) is 0 Å². The molecule has 0 aliphatic carbocycles. The van der Waals surface area contributed by atoms with Crippen molar-refractivity contribution >= 4 is 29.4 Å². The van der Waals surface area contributed by atoms with Crippen molar-refractivity contribution < 1.29 is 9.13 Å². The summed E-state index contributed by atoms with van der Waals surface area (Å²) in [6.45, 7) is 19.6. The molecule has 3 heterocycles. The van der Waals surface area contributed by atoms with E-state index in [0.29, 0.717) is 30.3 Å². The second kappa shape index (κ2) is 11.7. The summed E-state index contributed by atoms with van der Waals surface area (Å²) in [4.78, 5) is 10.4. The Balaban J connectivity index is 2.64. The van der Waals surface area contributed by atoms with E-state index in [2.05, 4.69) is 41.9 Å². The molecule has 3 rings (SSSR count). The number of aromatic amines is 1. The molecule has 35 heavy (non-hydrogen) atoms. The predicted octanol–water partition coefficient (Wildman–Crippen LogP) is 2.54. The summed E-state index contributed by atoms with van der Waals surface area (Å²) in [5.41, 5.74) is 3.17. The Labute approximate surface area is 206 Å². The van der Waals surface area contributed by atoms with Crippen LogP contribution in [0.1, 0.15) is 26.3 Å². The highest BCUT2D eigenvalue weighted by Gasteiger charge is 2.22. The third kappa shape index (κ3) is 5.38. The van der Waals surface area contributed by atoms with Crippen LogP contribution >= 0.6 is 0 Å². The van der Waals surface area contributed by atoms with Crippen molar-refractivity contribution in [2.75, 3.05) is 31.7 Å². The number of nitrogens with one attached hydrogen (secondary N) is 2. The summed E-state index contributed by atoms with van der Waals surface area (Å²) in [5.74, 6) is 0.323. The number of nitrogens with zero attached hydrogens (tertiary/aromatic N) is 2. The first-order chi connectivity index (χ1) is 16.9. The normalized spacial score (nSPS) is 19.4. The minimum atomic E-state index is -0.444. The molecule has 0 aromatic carbocycles. The summed E-state index contributed by atoms with van der Waals surface area (Å²) < 4.78 is 21.3. The zero-order chi connectivity index (χ0) is 25.5. The maximum Gasteiger partial charge on any atom is 0.132 e. The summed E-state index contributed by atoms with van der Waals surface area (Å²) in [7, 11) is 1.83. The average molecular weight is 475 g/mol. The molecule has 0 radical (unpaired) electrons. The molecule has 2 aromatic rings. The Hall–Kier alpha value is -3.64. The second-order valence-electron chi connectivity index (χ2n) is 8.40. The quantitative estimate of drug-likeness (QED) is 0.606. The van der Waals surface area contributed by atoms with Crippen LogP contribution in [0.5, 0.6) is 0 Å². The molecule has 0 saturated carbocycles. The Bertz CT molecular complexity index is 1400. The molecule has 0 spiro atoms. The van der Waals surface area contributed by atoms with Crippen molar-refractivity contribution in [3.63, 3.8) is 0 Å². The van der Waals surface area contributed by atoms with Crippen LogP contribution in [0, 0.1) is 0 Å². The standard InChI is InChI=1S/C29H35FN4O/c1-8-11-23(22-13-14-32-21(22)6)24-17-27(34-15-16-35-18-19(34)4)33-29(28(24)25(30)10-3)20(5)26(31-7)12-9-2/h8-14,17,19,31-32H,2-3,6,15-16,18H2,1,4-5,7H3/b11-8-,23-22+,26-12-,28-25+,29-20-. The number of hydrogen-bond donors (Lipinski definition) is 2. The van der Waals surface area contributed by atoms with Gasteiger partial charge in [0, 0.05) is 41.3 Å². The van der Waals surface area contributed by atoms with Gasteiger partial charge in [-0.05, 0) is 61.8 Å². The molecule has 1 unspecified atom stereocenters. The molecule has 6 heteroatoms. The molecular weight excluding hydrogens is 439 g/mol. The molecular formula is C29H35FN4O. The van der Waals surface area contributed by atoms with Gasteiger partial charge in [0.2, 0.25) is 0 Å². The van der Waals surface area contributed by atoms with Gasteiger partial charge in [-0.1, -0.05) is 38.0 Å². The fraction of sp³-hybridized carbons (Fsp3) is 0.276. The first kappa shape index (κ1) is 26.0. The van der Waals surface area contributed by atoms with Crippen LogP contribution in [0.25, 0.3) is 23.6 Å². The van der Waals surface area contributed by atoms with Crippen molar-refractivity contribution in [3.8, 4) is 0 Å². The molecule has 5 nitrogen and oxygen atoms in total. The highest BCUT2D eigenvalue weighted by atomic mass is 19.1. The molecule has 1 saturated heterocycles. The smallest absolute Gasteiger partial charge is 0.132 e. The topological polar surface area (TPSA) is 53.2 Å². The number of halogens is 1. The Morgan fingerprint density at radius 1 is 1.37 bits per heavy atom. The lowest BCUT2D eigenvalue weighted by Gasteiger charge is -2.34. The van der Waals surface area contributed by atoms with Crippen molar-refractivity contribution in [2.45, 2.75) is 26.8 Å². The van der Waals surface area contributed by atoms with Crippen molar-refractivity contribution in [1.29, 1.82) is 0 Å². The SMILES string of the molecule is C=C/C=C(NC)/C(C)=c1\nc(N2CCOCC2C)cc(C(/C=C\C)=c2\cc[nH]c2=C)\c1=C(/F)C=C. The number of pyridine rings is 1. The Morgan fingerprint density at radius 2 is 2.14 bits per heavy atom. The summed E-state index contributed by atoms with van der Waals surface area (Å²) in [6, 6.07) is 4.05. The third-order valence-electron chi connectivity index (χ3n) is 6.15. The van der Waals surface area contributed by atoms with E-state index in [-0.39, 0.29) is 6.04 Å². The molecule has 1 fully saturated rings. The second-order valence-corrected chi connectivity index (χ2v) is 8.40. The van der Waals surface area contributed by atoms with Gasteiger partial charge in [-0.15, -0.1) is 0 Å². The van der Waals surface area contributed by atoms with E-state index >= 15 is 4.39 Å². The van der Waals surface area contributed by atoms with Crippen LogP contribution < -0.4 is 31.4 Å². The third-order valence-corrected chi connectivity index (χ3v) is 6.15. The maximum atomic E-state index is 15.7. The molecule has 0 amide bonds. The molecule has 1 aliphatic rings. The largest absolute Gasteiger partial charge is 0.388 e. The van der Waals surface area contributed by atoms with E-state index < -0.39 is 5.83 Å². The monoisotopic (exact) mass is 474 g/mol. The molecule has 0 bridgehead atoms. The van der Waals surface area contributed by atoms with Gasteiger partial charge in [0.1, 0.15) is 11.6 Å². The summed E-state index contributed by atoms with van der Waals surface area (Å²) >= 11 is 0. The maximum absolute atomic E-state index is 15.7. The lowest BCUT2D eigenvalue weighted by Crippen LogP contribution is -2.46. The van der Waals surface area contributed by atoms with Gasteiger partial charge in [0.05, 0.1) is 24.6 Å². The van der Waals surface area contributed by atoms with Crippen LogP contribution in [0.4, 0.5) is 10.2 Å². The predicted molar refractivity (Wildman–Crippen MR) is 145 cm³/mol. The van der Waals surface area contributed by atoms with Crippen LogP contribution in [-0.4, -0.2) is 42.8 Å². The molecule has 2 aromatic heterocycles. The number of allylic oxidation sites excluding steroid dienone is 6. The van der Waals surface area contributed by atoms with Crippen LogP contribution in [-0.2, 0) is 4.74 Å². The highest BCUT2D eigenvalue weighted by Crippen LogP contribution is 2.20. The minimum Gasteiger partial charge on any atom is -0.388 e. The lowest BCUT2D eigenvalue weighted by molar-refractivity contribution is 0.0985. The van der Waals surface area contributed by atoms with Crippen molar-refractivity contribution in [1.82, 2.24) is 15.3 Å². The first-order valence-electron chi connectivity index (χ1n) is 11.8. The molecule has 1 aliphatic heterocycles. The zero-order valence-electron chi connectivity index (χ0n) is 21.1. The van der Waals surface area contributed by atoms with Gasteiger partial charge >= 0.3 is 0 Å². The van der Waals surface area contributed by atoms with Gasteiger partial charge in [0.25, 0.3) is 0 Å². The van der Waals surface area contributed by atoms with E-state index in [1.165, 1.54) is 6.08 Å². The van der Waals surface area contributed by atoms with Gasteiger partial charge < -0.3 is 19.9 Å². The van der Waals surface area contributed by atoms with E-state index in [0.717, 1.165) is 38.8 Å². The van der Waals surface area contributed by atoms with Crippen molar-refractivity contribution in [2.24, 2.45) is 0 Å². The number of hydrogen-bond acceptors (Lipinski definition) is 4. The van der Waals surface area contributed by atoms with Gasteiger partial charge in [-0.3, -0.25) is 0 Å². The molecule has 184 valence electrons. The van der Waals surface area contributed by atoms with Crippen molar-refractivity contribution in [3.05, 3.63) is 94.3 Å².